The smallest absolute Gasteiger partial charge is 0.141 e. The highest BCUT2D eigenvalue weighted by Crippen LogP contribution is 2.44. The zero-order valence-corrected chi connectivity index (χ0v) is 20.7. The third-order valence-corrected chi connectivity index (χ3v) is 7.04. The molecular weight excluding hydrogens is 504 g/mol. The summed E-state index contributed by atoms with van der Waals surface area (Å²) in [6, 6.07) is 41.8. The SMILES string of the molecule is OC(c1ccccc1)(c1ccccc1)c1cc(Cl)ccc1-c1cc(-c2ccccc2)ccc1Br. The first kappa shape index (κ1) is 22.6. The maximum absolute atomic E-state index is 12.5. The Kier molecular flexibility index (Phi) is 6.38. The fraction of sp³-hybridized carbons (Fsp3) is 0.0323. The predicted octanol–water partition coefficient (Wildman–Crippen LogP) is 8.72. The standard InChI is InChI=1S/C31H22BrClO/c32-30-19-16-23(22-10-4-1-5-11-22)20-28(30)27-18-17-26(33)21-29(27)31(34,24-12-6-2-7-13-24)25-14-8-3-9-15-25/h1-21,34H. The molecule has 1 N–H and O–H groups in total. The summed E-state index contributed by atoms with van der Waals surface area (Å²) in [7, 11) is 0. The summed E-state index contributed by atoms with van der Waals surface area (Å²) in [4.78, 5) is 0. The summed E-state index contributed by atoms with van der Waals surface area (Å²) in [5.74, 6) is 0. The maximum atomic E-state index is 12.5. The summed E-state index contributed by atoms with van der Waals surface area (Å²) in [5, 5.41) is 13.1. The molecule has 5 aromatic rings. The Morgan fingerprint density at radius 3 is 1.71 bits per heavy atom. The lowest BCUT2D eigenvalue weighted by Crippen LogP contribution is -2.29. The van der Waals surface area contributed by atoms with Gasteiger partial charge in [0.15, 0.2) is 0 Å². The van der Waals surface area contributed by atoms with Crippen LogP contribution >= 0.6 is 27.5 Å². The van der Waals surface area contributed by atoms with Gasteiger partial charge in [-0.2, -0.15) is 0 Å². The molecule has 5 rings (SSSR count). The molecule has 5 aromatic carbocycles. The second-order valence-corrected chi connectivity index (χ2v) is 9.48. The number of aliphatic hydroxyl groups is 1. The molecule has 0 heterocycles. The predicted molar refractivity (Wildman–Crippen MR) is 145 cm³/mol. The largest absolute Gasteiger partial charge is 0.376 e. The van der Waals surface area contributed by atoms with Crippen LogP contribution in [0.5, 0.6) is 0 Å². The number of rotatable bonds is 5. The van der Waals surface area contributed by atoms with E-state index >= 15 is 0 Å². The molecule has 0 aliphatic carbocycles. The molecule has 0 atom stereocenters. The molecule has 0 fully saturated rings. The highest BCUT2D eigenvalue weighted by atomic mass is 79.9. The van der Waals surface area contributed by atoms with Gasteiger partial charge < -0.3 is 5.11 Å². The third kappa shape index (κ3) is 4.21. The monoisotopic (exact) mass is 524 g/mol. The van der Waals surface area contributed by atoms with Crippen molar-refractivity contribution in [3.8, 4) is 22.3 Å². The van der Waals surface area contributed by atoms with Gasteiger partial charge in [0.25, 0.3) is 0 Å². The van der Waals surface area contributed by atoms with E-state index in [1.165, 1.54) is 0 Å². The normalized spacial score (nSPS) is 11.4. The molecule has 1 nitrogen and oxygen atoms in total. The molecule has 0 unspecified atom stereocenters. The topological polar surface area (TPSA) is 20.2 Å². The van der Waals surface area contributed by atoms with Crippen molar-refractivity contribution in [2.45, 2.75) is 5.60 Å². The van der Waals surface area contributed by atoms with E-state index in [1.54, 1.807) is 0 Å². The van der Waals surface area contributed by atoms with Crippen molar-refractivity contribution in [3.63, 3.8) is 0 Å². The highest BCUT2D eigenvalue weighted by molar-refractivity contribution is 9.10. The highest BCUT2D eigenvalue weighted by Gasteiger charge is 2.36. The molecule has 0 aliphatic heterocycles. The molecule has 0 aromatic heterocycles. The molecule has 0 radical (unpaired) electrons. The second kappa shape index (κ2) is 9.60. The lowest BCUT2D eigenvalue weighted by Gasteiger charge is -2.32. The van der Waals surface area contributed by atoms with Gasteiger partial charge in [-0.05, 0) is 57.6 Å². The molecule has 0 saturated heterocycles. The van der Waals surface area contributed by atoms with Gasteiger partial charge in [0.1, 0.15) is 5.60 Å². The van der Waals surface area contributed by atoms with Crippen molar-refractivity contribution in [2.75, 3.05) is 0 Å². The van der Waals surface area contributed by atoms with Crippen molar-refractivity contribution in [2.24, 2.45) is 0 Å². The van der Waals surface area contributed by atoms with Crippen molar-refractivity contribution < 1.29 is 5.11 Å². The molecule has 0 amide bonds. The van der Waals surface area contributed by atoms with Crippen molar-refractivity contribution in [1.29, 1.82) is 0 Å². The van der Waals surface area contributed by atoms with E-state index < -0.39 is 5.60 Å². The Balaban J connectivity index is 1.79. The Morgan fingerprint density at radius 2 is 1.12 bits per heavy atom. The van der Waals surface area contributed by atoms with Gasteiger partial charge in [0, 0.05) is 15.1 Å². The molecule has 0 spiro atoms. The van der Waals surface area contributed by atoms with Crippen LogP contribution in [0.1, 0.15) is 16.7 Å². The van der Waals surface area contributed by atoms with Gasteiger partial charge in [0.05, 0.1) is 0 Å². The quantitative estimate of drug-likeness (QED) is 0.227. The molecule has 3 heteroatoms. The Hall–Kier alpha value is -3.17. The van der Waals surface area contributed by atoms with E-state index in [0.717, 1.165) is 43.4 Å². The lowest BCUT2D eigenvalue weighted by molar-refractivity contribution is 0.126. The Labute approximate surface area is 213 Å². The van der Waals surface area contributed by atoms with Gasteiger partial charge in [-0.1, -0.05) is 131 Å². The van der Waals surface area contributed by atoms with Crippen LogP contribution in [-0.4, -0.2) is 5.11 Å². The van der Waals surface area contributed by atoms with Gasteiger partial charge in [-0.3, -0.25) is 0 Å². The maximum Gasteiger partial charge on any atom is 0.141 e. The summed E-state index contributed by atoms with van der Waals surface area (Å²) < 4.78 is 0.944. The van der Waals surface area contributed by atoms with Gasteiger partial charge >= 0.3 is 0 Å². The van der Waals surface area contributed by atoms with E-state index in [4.69, 9.17) is 11.6 Å². The van der Waals surface area contributed by atoms with Crippen LogP contribution in [0.2, 0.25) is 5.02 Å². The van der Waals surface area contributed by atoms with Crippen LogP contribution in [-0.2, 0) is 5.60 Å². The molecule has 166 valence electrons. The Bertz CT molecular complexity index is 1380. The van der Waals surface area contributed by atoms with E-state index in [9.17, 15) is 5.11 Å². The minimum absolute atomic E-state index is 0.569. The van der Waals surface area contributed by atoms with Crippen LogP contribution in [0.3, 0.4) is 0 Å². The zero-order valence-electron chi connectivity index (χ0n) is 18.3. The summed E-state index contributed by atoms with van der Waals surface area (Å²) in [6.07, 6.45) is 0. The fourth-order valence-electron chi connectivity index (χ4n) is 4.43. The lowest BCUT2D eigenvalue weighted by atomic mass is 9.77. The third-order valence-electron chi connectivity index (χ3n) is 6.12. The van der Waals surface area contributed by atoms with E-state index in [0.29, 0.717) is 5.02 Å². The van der Waals surface area contributed by atoms with E-state index in [1.807, 2.05) is 97.1 Å². The first-order chi connectivity index (χ1) is 16.6. The van der Waals surface area contributed by atoms with Gasteiger partial charge in [0.2, 0.25) is 0 Å². The number of benzene rings is 5. The minimum atomic E-state index is -1.40. The van der Waals surface area contributed by atoms with Gasteiger partial charge in [-0.25, -0.2) is 0 Å². The van der Waals surface area contributed by atoms with Crippen LogP contribution in [0.4, 0.5) is 0 Å². The first-order valence-electron chi connectivity index (χ1n) is 11.1. The second-order valence-electron chi connectivity index (χ2n) is 8.19. The minimum Gasteiger partial charge on any atom is -0.376 e. The van der Waals surface area contributed by atoms with E-state index in [2.05, 4.69) is 46.3 Å². The summed E-state index contributed by atoms with van der Waals surface area (Å²) in [6.45, 7) is 0. The Morgan fingerprint density at radius 1 is 0.559 bits per heavy atom. The van der Waals surface area contributed by atoms with Crippen molar-refractivity contribution in [1.82, 2.24) is 0 Å². The molecule has 0 saturated carbocycles. The van der Waals surface area contributed by atoms with Crippen molar-refractivity contribution >= 4 is 27.5 Å². The molecule has 34 heavy (non-hydrogen) atoms. The first-order valence-corrected chi connectivity index (χ1v) is 12.2. The molecule has 0 aliphatic rings. The van der Waals surface area contributed by atoms with Crippen LogP contribution in [0.15, 0.2) is 132 Å². The average Bonchev–Trinajstić information content (AvgIpc) is 2.90. The van der Waals surface area contributed by atoms with Crippen LogP contribution in [0, 0.1) is 0 Å². The fourth-order valence-corrected chi connectivity index (χ4v) is 5.06. The molecular formula is C31H22BrClO. The average molecular weight is 526 g/mol. The van der Waals surface area contributed by atoms with Crippen molar-refractivity contribution in [3.05, 3.63) is 154 Å². The van der Waals surface area contributed by atoms with E-state index in [-0.39, 0.29) is 0 Å². The number of hydrogen-bond acceptors (Lipinski definition) is 1. The zero-order chi connectivity index (χ0) is 23.5. The summed E-state index contributed by atoms with van der Waals surface area (Å²) in [5.41, 5.74) is 5.01. The number of hydrogen-bond donors (Lipinski definition) is 1. The van der Waals surface area contributed by atoms with Gasteiger partial charge in [-0.15, -0.1) is 0 Å². The summed E-state index contributed by atoms with van der Waals surface area (Å²) >= 11 is 10.3. The molecule has 0 bridgehead atoms. The van der Waals surface area contributed by atoms with Crippen LogP contribution in [0.25, 0.3) is 22.3 Å². The van der Waals surface area contributed by atoms with Crippen LogP contribution < -0.4 is 0 Å². The number of halogens is 2.